The fourth-order valence-electron chi connectivity index (χ4n) is 4.63. The number of allylic oxidation sites excluding steroid dienone is 1. The molecule has 0 unspecified atom stereocenters. The third kappa shape index (κ3) is 4.64. The number of hydrogen-bond donors (Lipinski definition) is 1. The summed E-state index contributed by atoms with van der Waals surface area (Å²) in [5.41, 5.74) is 3.89. The number of nitrogens with one attached hydrogen (secondary N) is 1. The summed E-state index contributed by atoms with van der Waals surface area (Å²) in [7, 11) is 2.10. The highest BCUT2D eigenvalue weighted by Crippen LogP contribution is 2.35. The molecule has 7 nitrogen and oxygen atoms in total. The number of anilines is 2. The van der Waals surface area contributed by atoms with Crippen molar-refractivity contribution in [1.29, 1.82) is 0 Å². The van der Waals surface area contributed by atoms with E-state index >= 15 is 4.39 Å². The van der Waals surface area contributed by atoms with Crippen molar-refractivity contribution in [3.05, 3.63) is 69.2 Å². The average Bonchev–Trinajstić information content (AvgIpc) is 3.62. The highest BCUT2D eigenvalue weighted by atomic mass is 32.1. The maximum atomic E-state index is 15.3. The molecule has 0 amide bonds. The monoisotopic (exact) mass is 502 g/mol. The third-order valence-electron chi connectivity index (χ3n) is 6.61. The van der Waals surface area contributed by atoms with Crippen molar-refractivity contribution in [3.8, 4) is 11.6 Å². The number of fused-ring (bicyclic) bond motifs is 1. The van der Waals surface area contributed by atoms with Gasteiger partial charge < -0.3 is 19.9 Å². The summed E-state index contributed by atoms with van der Waals surface area (Å²) in [5.74, 6) is 1.95. The highest BCUT2D eigenvalue weighted by Gasteiger charge is 2.22. The first-order valence-electron chi connectivity index (χ1n) is 12.1. The zero-order valence-corrected chi connectivity index (χ0v) is 21.1. The van der Waals surface area contributed by atoms with Crippen LogP contribution in [0.2, 0.25) is 0 Å². The van der Waals surface area contributed by atoms with E-state index in [1.165, 1.54) is 10.5 Å². The SMILES string of the molecule is CC1=Cc2c(ccc(Oc3cc(NC4=NCC(c5cccs5)=C4)nc(N4CCN(C)CC4)n3)c2F)C1. The van der Waals surface area contributed by atoms with Crippen LogP contribution in [0.15, 0.2) is 52.4 Å². The molecule has 0 spiro atoms. The van der Waals surface area contributed by atoms with Gasteiger partial charge in [-0.15, -0.1) is 11.3 Å². The largest absolute Gasteiger partial charge is 0.436 e. The van der Waals surface area contributed by atoms with E-state index in [1.807, 2.05) is 31.2 Å². The fourth-order valence-corrected chi connectivity index (χ4v) is 5.37. The maximum Gasteiger partial charge on any atom is 0.230 e. The number of amidine groups is 1. The lowest BCUT2D eigenvalue weighted by atomic mass is 10.1. The van der Waals surface area contributed by atoms with Gasteiger partial charge >= 0.3 is 0 Å². The Kier molecular flexibility index (Phi) is 6.02. The van der Waals surface area contributed by atoms with E-state index < -0.39 is 0 Å². The number of nitrogens with zero attached hydrogens (tertiary/aromatic N) is 5. The summed E-state index contributed by atoms with van der Waals surface area (Å²) in [6.45, 7) is 6.08. The second-order valence-electron chi connectivity index (χ2n) is 9.38. The number of likely N-dealkylation sites (N-methyl/N-ethyl adjacent to an activating group) is 1. The number of aromatic nitrogens is 2. The van der Waals surface area contributed by atoms with E-state index in [2.05, 4.69) is 43.6 Å². The molecule has 0 bridgehead atoms. The van der Waals surface area contributed by atoms with Crippen LogP contribution in [0.3, 0.4) is 0 Å². The zero-order chi connectivity index (χ0) is 24.6. The van der Waals surface area contributed by atoms with Gasteiger partial charge in [0.1, 0.15) is 11.7 Å². The minimum Gasteiger partial charge on any atom is -0.436 e. The molecule has 1 aliphatic carbocycles. The average molecular weight is 503 g/mol. The molecule has 2 aromatic heterocycles. The van der Waals surface area contributed by atoms with E-state index in [0.29, 0.717) is 29.8 Å². The van der Waals surface area contributed by atoms with E-state index in [-0.39, 0.29) is 11.6 Å². The number of rotatable bonds is 5. The summed E-state index contributed by atoms with van der Waals surface area (Å²) in [6, 6.07) is 9.44. The van der Waals surface area contributed by atoms with Gasteiger partial charge in [0.2, 0.25) is 11.8 Å². The van der Waals surface area contributed by atoms with E-state index in [1.54, 1.807) is 23.5 Å². The Hall–Kier alpha value is -3.56. The van der Waals surface area contributed by atoms with Crippen LogP contribution in [0.5, 0.6) is 11.6 Å². The minimum absolute atomic E-state index is 0.159. The van der Waals surface area contributed by atoms with Crippen LogP contribution in [-0.2, 0) is 6.42 Å². The number of halogens is 1. The van der Waals surface area contributed by atoms with Crippen LogP contribution in [0.4, 0.5) is 16.2 Å². The molecular weight excluding hydrogens is 475 g/mol. The Labute approximate surface area is 213 Å². The molecule has 3 aliphatic rings. The molecule has 9 heteroatoms. The molecule has 1 N–H and O–H groups in total. The van der Waals surface area contributed by atoms with E-state index in [4.69, 9.17) is 9.72 Å². The lowest BCUT2D eigenvalue weighted by molar-refractivity contribution is 0.310. The van der Waals surface area contributed by atoms with Crippen LogP contribution < -0.4 is 15.0 Å². The normalized spacial score (nSPS) is 17.5. The van der Waals surface area contributed by atoms with Gasteiger partial charge in [-0.05, 0) is 55.1 Å². The number of thiophene rings is 1. The molecule has 1 aromatic carbocycles. The summed E-state index contributed by atoms with van der Waals surface area (Å²) >= 11 is 1.70. The van der Waals surface area contributed by atoms with Crippen LogP contribution in [0.1, 0.15) is 22.9 Å². The molecule has 36 heavy (non-hydrogen) atoms. The zero-order valence-electron chi connectivity index (χ0n) is 20.3. The molecule has 6 rings (SSSR count). The number of piperazine rings is 1. The van der Waals surface area contributed by atoms with Crippen molar-refractivity contribution in [1.82, 2.24) is 14.9 Å². The molecule has 184 valence electrons. The number of ether oxygens (including phenoxy) is 1. The predicted molar refractivity (Wildman–Crippen MR) is 144 cm³/mol. The van der Waals surface area contributed by atoms with Crippen LogP contribution in [0.25, 0.3) is 11.6 Å². The lowest BCUT2D eigenvalue weighted by Gasteiger charge is -2.32. The summed E-state index contributed by atoms with van der Waals surface area (Å²) in [4.78, 5) is 19.7. The Morgan fingerprint density at radius 1 is 1.08 bits per heavy atom. The standard InChI is InChI=1S/C27H27FN6OS/c1-17-12-18-5-6-21(26(28)20(18)13-17)35-25-15-24(31-27(32-25)34-9-7-33(2)8-10-34)30-23-14-19(16-29-23)22-4-3-11-36-22/h3-6,11,13-15H,7-10,12,16H2,1-2H3,(H,29,30,31,32). The quantitative estimate of drug-likeness (QED) is 0.525. The first-order chi connectivity index (χ1) is 17.5. The second kappa shape index (κ2) is 9.48. The molecule has 3 aromatic rings. The Morgan fingerprint density at radius 3 is 2.75 bits per heavy atom. The van der Waals surface area contributed by atoms with Gasteiger partial charge in [-0.1, -0.05) is 23.8 Å². The van der Waals surface area contributed by atoms with Crippen LogP contribution in [0, 0.1) is 5.82 Å². The molecule has 1 saturated heterocycles. The van der Waals surface area contributed by atoms with Gasteiger partial charge in [0, 0.05) is 42.7 Å². The van der Waals surface area contributed by atoms with E-state index in [9.17, 15) is 0 Å². The van der Waals surface area contributed by atoms with Crippen LogP contribution in [-0.4, -0.2) is 60.5 Å². The van der Waals surface area contributed by atoms with Crippen molar-refractivity contribution in [3.63, 3.8) is 0 Å². The minimum atomic E-state index is -0.359. The van der Waals surface area contributed by atoms with Crippen molar-refractivity contribution in [2.45, 2.75) is 13.3 Å². The summed E-state index contributed by atoms with van der Waals surface area (Å²) in [6.07, 6.45) is 4.69. The van der Waals surface area contributed by atoms with Crippen LogP contribution >= 0.6 is 11.3 Å². The third-order valence-corrected chi connectivity index (χ3v) is 7.56. The fraction of sp³-hybridized carbons (Fsp3) is 0.296. The smallest absolute Gasteiger partial charge is 0.230 e. The van der Waals surface area contributed by atoms with E-state index in [0.717, 1.165) is 49.6 Å². The number of hydrogen-bond acceptors (Lipinski definition) is 8. The van der Waals surface area contributed by atoms with Crippen molar-refractivity contribution in [2.75, 3.05) is 50.0 Å². The van der Waals surface area contributed by atoms with Crippen molar-refractivity contribution in [2.24, 2.45) is 4.99 Å². The first-order valence-corrected chi connectivity index (χ1v) is 12.9. The molecule has 1 fully saturated rings. The topological polar surface area (TPSA) is 65.9 Å². The van der Waals surface area contributed by atoms with Gasteiger partial charge in [-0.3, -0.25) is 4.99 Å². The van der Waals surface area contributed by atoms with Crippen molar-refractivity contribution < 1.29 is 9.13 Å². The first kappa shape index (κ1) is 22.9. The van der Waals surface area contributed by atoms with Gasteiger partial charge in [-0.25, -0.2) is 4.39 Å². The Bertz CT molecular complexity index is 1390. The number of aliphatic imine (C=N–C) groups is 1. The summed E-state index contributed by atoms with van der Waals surface area (Å²) in [5, 5.41) is 5.38. The number of benzene rings is 1. The maximum absolute atomic E-state index is 15.3. The van der Waals surface area contributed by atoms with Gasteiger partial charge in [-0.2, -0.15) is 9.97 Å². The molecule has 4 heterocycles. The molecule has 0 radical (unpaired) electrons. The van der Waals surface area contributed by atoms with Crippen molar-refractivity contribution >= 4 is 40.6 Å². The summed E-state index contributed by atoms with van der Waals surface area (Å²) < 4.78 is 21.3. The molecule has 2 aliphatic heterocycles. The van der Waals surface area contributed by atoms with Gasteiger partial charge in [0.15, 0.2) is 11.6 Å². The molecular formula is C27H27FN6OS. The van der Waals surface area contributed by atoms with Gasteiger partial charge in [0.05, 0.1) is 6.54 Å². The Morgan fingerprint density at radius 2 is 1.94 bits per heavy atom. The predicted octanol–water partition coefficient (Wildman–Crippen LogP) is 5.09. The molecule has 0 saturated carbocycles. The second-order valence-corrected chi connectivity index (χ2v) is 10.3. The molecule has 0 atom stereocenters. The van der Waals surface area contributed by atoms with Gasteiger partial charge in [0.25, 0.3) is 0 Å². The highest BCUT2D eigenvalue weighted by molar-refractivity contribution is 7.11. The Balaban J connectivity index is 1.30. The lowest BCUT2D eigenvalue weighted by Crippen LogP contribution is -2.45.